The van der Waals surface area contributed by atoms with Gasteiger partial charge in [-0.1, -0.05) is 24.3 Å². The maximum Gasteiger partial charge on any atom is 0.416 e. The van der Waals surface area contributed by atoms with Crippen molar-refractivity contribution in [1.82, 2.24) is 0 Å². The third-order valence-corrected chi connectivity index (χ3v) is 3.28. The Bertz CT molecular complexity index is 476. The van der Waals surface area contributed by atoms with Crippen molar-refractivity contribution in [2.75, 3.05) is 7.11 Å². The molecule has 5 heteroatoms. The number of carbonyl (C=O) groups excluding carboxylic acids is 1. The van der Waals surface area contributed by atoms with Crippen molar-refractivity contribution in [3.8, 4) is 0 Å². The van der Waals surface area contributed by atoms with Crippen molar-refractivity contribution in [1.29, 1.82) is 0 Å². The Morgan fingerprint density at radius 2 is 1.73 bits per heavy atom. The number of allylic oxidation sites excluding steroid dienone is 2. The van der Waals surface area contributed by atoms with Crippen molar-refractivity contribution in [2.45, 2.75) is 44.7 Å². The topological polar surface area (TPSA) is 26.3 Å². The molecular weight excluding hydrogens is 293 g/mol. The molecule has 22 heavy (non-hydrogen) atoms. The summed E-state index contributed by atoms with van der Waals surface area (Å²) in [7, 11) is 1.38. The lowest BCUT2D eigenvalue weighted by atomic mass is 10.1. The van der Waals surface area contributed by atoms with Gasteiger partial charge in [0.25, 0.3) is 0 Å². The van der Waals surface area contributed by atoms with Crippen LogP contribution in [0.5, 0.6) is 0 Å². The molecule has 0 aromatic heterocycles. The van der Waals surface area contributed by atoms with Gasteiger partial charge in [-0.15, -0.1) is 0 Å². The van der Waals surface area contributed by atoms with E-state index >= 15 is 0 Å². The van der Waals surface area contributed by atoms with Gasteiger partial charge in [-0.3, -0.25) is 4.79 Å². The van der Waals surface area contributed by atoms with Gasteiger partial charge in [0.15, 0.2) is 0 Å². The van der Waals surface area contributed by atoms with Crippen LogP contribution in [0.15, 0.2) is 36.4 Å². The van der Waals surface area contributed by atoms with Gasteiger partial charge in [0.2, 0.25) is 0 Å². The molecule has 0 bridgehead atoms. The number of aryl methyl sites for hydroxylation is 1. The first-order valence-electron chi connectivity index (χ1n) is 7.31. The monoisotopic (exact) mass is 314 g/mol. The molecule has 1 aromatic rings. The lowest BCUT2D eigenvalue weighted by molar-refractivity contribution is -0.140. The lowest BCUT2D eigenvalue weighted by Gasteiger charge is -2.06. The number of esters is 1. The number of alkyl halides is 3. The Labute approximate surface area is 129 Å². The highest BCUT2D eigenvalue weighted by molar-refractivity contribution is 5.68. The van der Waals surface area contributed by atoms with Crippen molar-refractivity contribution >= 4 is 5.97 Å². The quantitative estimate of drug-likeness (QED) is 0.386. The maximum atomic E-state index is 12.4. The number of unbranched alkanes of at least 4 members (excludes halogenated alkanes) is 2. The molecule has 0 heterocycles. The van der Waals surface area contributed by atoms with E-state index in [9.17, 15) is 18.0 Å². The first-order chi connectivity index (χ1) is 10.4. The van der Waals surface area contributed by atoms with Gasteiger partial charge >= 0.3 is 12.1 Å². The van der Waals surface area contributed by atoms with E-state index in [1.807, 2.05) is 12.2 Å². The molecule has 0 saturated carbocycles. The van der Waals surface area contributed by atoms with E-state index in [1.54, 1.807) is 0 Å². The van der Waals surface area contributed by atoms with Gasteiger partial charge < -0.3 is 4.74 Å². The summed E-state index contributed by atoms with van der Waals surface area (Å²) in [5.74, 6) is -0.189. The zero-order chi connectivity index (χ0) is 16.4. The van der Waals surface area contributed by atoms with Crippen LogP contribution in [0.2, 0.25) is 0 Å². The summed E-state index contributed by atoms with van der Waals surface area (Å²) in [6.07, 6.45) is 4.36. The fraction of sp³-hybridized carbons (Fsp3) is 0.471. The Hall–Kier alpha value is -1.78. The van der Waals surface area contributed by atoms with Crippen LogP contribution in [0.25, 0.3) is 0 Å². The summed E-state index contributed by atoms with van der Waals surface area (Å²) in [6.45, 7) is 0. The fourth-order valence-corrected chi connectivity index (χ4v) is 1.98. The van der Waals surface area contributed by atoms with E-state index in [0.717, 1.165) is 49.8 Å². The fourth-order valence-electron chi connectivity index (χ4n) is 1.98. The van der Waals surface area contributed by atoms with Gasteiger partial charge in [-0.05, 0) is 49.8 Å². The number of benzene rings is 1. The summed E-state index contributed by atoms with van der Waals surface area (Å²) < 4.78 is 41.8. The summed E-state index contributed by atoms with van der Waals surface area (Å²) >= 11 is 0. The van der Waals surface area contributed by atoms with Crippen LogP contribution < -0.4 is 0 Å². The largest absolute Gasteiger partial charge is 0.469 e. The van der Waals surface area contributed by atoms with Crippen LogP contribution >= 0.6 is 0 Å². The van der Waals surface area contributed by atoms with E-state index in [-0.39, 0.29) is 5.97 Å². The second-order valence-corrected chi connectivity index (χ2v) is 5.03. The minimum absolute atomic E-state index is 0.189. The van der Waals surface area contributed by atoms with Crippen LogP contribution in [0, 0.1) is 0 Å². The molecule has 0 radical (unpaired) electrons. The molecule has 2 nitrogen and oxygen atoms in total. The number of halogens is 3. The van der Waals surface area contributed by atoms with Crippen LogP contribution in [0.3, 0.4) is 0 Å². The van der Waals surface area contributed by atoms with Crippen LogP contribution in [0.1, 0.15) is 43.2 Å². The smallest absolute Gasteiger partial charge is 0.416 e. The standard InChI is InChI=1S/C17H21F3O2/c1-22-16(21)9-7-5-3-2-4-6-8-14-10-12-15(13-11-14)17(18,19)20/h2,4,10-13H,3,5-9H2,1H3/b4-2+. The van der Waals surface area contributed by atoms with Crippen molar-refractivity contribution < 1.29 is 22.7 Å². The Morgan fingerprint density at radius 3 is 2.32 bits per heavy atom. The second-order valence-electron chi connectivity index (χ2n) is 5.03. The molecule has 0 spiro atoms. The van der Waals surface area contributed by atoms with Crippen LogP contribution in [0.4, 0.5) is 13.2 Å². The molecule has 1 aromatic carbocycles. The van der Waals surface area contributed by atoms with Gasteiger partial charge in [0.1, 0.15) is 0 Å². The van der Waals surface area contributed by atoms with Gasteiger partial charge in [-0.2, -0.15) is 13.2 Å². The Morgan fingerprint density at radius 1 is 1.09 bits per heavy atom. The zero-order valence-electron chi connectivity index (χ0n) is 12.7. The van der Waals surface area contributed by atoms with Crippen molar-refractivity contribution in [3.63, 3.8) is 0 Å². The van der Waals surface area contributed by atoms with Crippen LogP contribution in [-0.4, -0.2) is 13.1 Å². The number of hydrogen-bond acceptors (Lipinski definition) is 2. The van der Waals surface area contributed by atoms with E-state index in [1.165, 1.54) is 19.2 Å². The third-order valence-electron chi connectivity index (χ3n) is 3.28. The minimum atomic E-state index is -4.28. The van der Waals surface area contributed by atoms with E-state index in [2.05, 4.69) is 4.74 Å². The maximum absolute atomic E-state index is 12.4. The highest BCUT2D eigenvalue weighted by atomic mass is 19.4. The van der Waals surface area contributed by atoms with Gasteiger partial charge in [0.05, 0.1) is 12.7 Å². The normalized spacial score (nSPS) is 11.8. The highest BCUT2D eigenvalue weighted by Crippen LogP contribution is 2.29. The Balaban J connectivity index is 2.19. The molecule has 0 unspecified atom stereocenters. The molecule has 122 valence electrons. The first-order valence-corrected chi connectivity index (χ1v) is 7.31. The summed E-state index contributed by atoms with van der Waals surface area (Å²) in [4.78, 5) is 10.9. The molecule has 0 amide bonds. The number of rotatable bonds is 8. The minimum Gasteiger partial charge on any atom is -0.469 e. The average molecular weight is 314 g/mol. The van der Waals surface area contributed by atoms with Crippen molar-refractivity contribution in [3.05, 3.63) is 47.5 Å². The molecular formula is C17H21F3O2. The number of carbonyl (C=O) groups is 1. The molecule has 0 fully saturated rings. The van der Waals surface area contributed by atoms with E-state index in [0.29, 0.717) is 6.42 Å². The van der Waals surface area contributed by atoms with E-state index < -0.39 is 11.7 Å². The average Bonchev–Trinajstić information content (AvgIpc) is 2.49. The lowest BCUT2D eigenvalue weighted by Crippen LogP contribution is -2.04. The molecule has 0 aliphatic rings. The SMILES string of the molecule is COC(=O)CCCC/C=C/CCc1ccc(C(F)(F)F)cc1. The molecule has 1 rings (SSSR count). The predicted molar refractivity (Wildman–Crippen MR) is 79.4 cm³/mol. The highest BCUT2D eigenvalue weighted by Gasteiger charge is 2.29. The Kier molecular flexibility index (Phi) is 7.71. The molecule has 0 aliphatic heterocycles. The molecule has 0 saturated heterocycles. The van der Waals surface area contributed by atoms with Gasteiger partial charge in [-0.25, -0.2) is 0 Å². The summed E-state index contributed by atoms with van der Waals surface area (Å²) in [5, 5.41) is 0. The molecule has 0 atom stereocenters. The number of ether oxygens (including phenoxy) is 1. The van der Waals surface area contributed by atoms with Crippen LogP contribution in [-0.2, 0) is 22.1 Å². The van der Waals surface area contributed by atoms with E-state index in [4.69, 9.17) is 0 Å². The predicted octanol–water partition coefficient (Wildman–Crippen LogP) is 4.93. The number of hydrogen-bond donors (Lipinski definition) is 0. The summed E-state index contributed by atoms with van der Waals surface area (Å²) in [5.41, 5.74) is 0.278. The molecule has 0 N–H and O–H groups in total. The molecule has 0 aliphatic carbocycles. The van der Waals surface area contributed by atoms with Gasteiger partial charge in [0, 0.05) is 6.42 Å². The zero-order valence-corrected chi connectivity index (χ0v) is 12.7. The van der Waals surface area contributed by atoms with Crippen molar-refractivity contribution in [2.24, 2.45) is 0 Å². The number of methoxy groups -OCH3 is 1. The third kappa shape index (κ3) is 7.29. The first kappa shape index (κ1) is 18.3. The second kappa shape index (κ2) is 9.28. The summed E-state index contributed by atoms with van der Waals surface area (Å²) in [6, 6.07) is 5.28.